The van der Waals surface area contributed by atoms with E-state index in [-0.39, 0.29) is 17.3 Å². The maximum atomic E-state index is 13.1. The highest BCUT2D eigenvalue weighted by Crippen LogP contribution is 2.15. The summed E-state index contributed by atoms with van der Waals surface area (Å²) in [5, 5.41) is 10.3. The van der Waals surface area contributed by atoms with Crippen molar-refractivity contribution in [2.45, 2.75) is 13.0 Å². The van der Waals surface area contributed by atoms with Gasteiger partial charge in [-0.2, -0.15) is 0 Å². The summed E-state index contributed by atoms with van der Waals surface area (Å²) in [5.41, 5.74) is 5.99. The van der Waals surface area contributed by atoms with Crippen molar-refractivity contribution in [3.05, 3.63) is 41.7 Å². The van der Waals surface area contributed by atoms with E-state index in [9.17, 15) is 9.18 Å². The molecule has 0 saturated carbocycles. The van der Waals surface area contributed by atoms with Crippen molar-refractivity contribution in [3.63, 3.8) is 0 Å². The van der Waals surface area contributed by atoms with E-state index in [0.717, 1.165) is 6.07 Å². The Balaban J connectivity index is 2.17. The van der Waals surface area contributed by atoms with Crippen LogP contribution in [0, 0.1) is 5.82 Å². The van der Waals surface area contributed by atoms with E-state index in [1.165, 1.54) is 18.5 Å². The molecule has 0 aliphatic rings. The van der Waals surface area contributed by atoms with Gasteiger partial charge in [-0.05, 0) is 25.1 Å². The van der Waals surface area contributed by atoms with Crippen LogP contribution in [0.3, 0.4) is 0 Å². The Morgan fingerprint density at radius 3 is 2.89 bits per heavy atom. The van der Waals surface area contributed by atoms with Crippen LogP contribution >= 0.6 is 0 Å². The molecule has 1 unspecified atom stereocenters. The van der Waals surface area contributed by atoms with Crippen LogP contribution in [0.1, 0.15) is 29.1 Å². The fraction of sp³-hybridized carbons (Fsp3) is 0.250. The molecule has 1 heterocycles. The first kappa shape index (κ1) is 13.0. The Hall–Kier alpha value is -2.44. The van der Waals surface area contributed by atoms with Gasteiger partial charge in [-0.15, -0.1) is 10.2 Å². The molecule has 0 saturated heterocycles. The topological polar surface area (TPSA) is 85.8 Å². The highest BCUT2D eigenvalue weighted by atomic mass is 19.1. The van der Waals surface area contributed by atoms with E-state index in [2.05, 4.69) is 15.5 Å². The fourth-order valence-corrected chi connectivity index (χ4v) is 1.75. The summed E-state index contributed by atoms with van der Waals surface area (Å²) < 4.78 is 14.8. The minimum Gasteiger partial charge on any atom is -0.398 e. The number of nitrogens with zero attached hydrogens (tertiary/aromatic N) is 3. The van der Waals surface area contributed by atoms with Crippen LogP contribution < -0.4 is 11.1 Å². The summed E-state index contributed by atoms with van der Waals surface area (Å²) >= 11 is 0. The molecule has 19 heavy (non-hydrogen) atoms. The molecule has 3 N–H and O–H groups in total. The third-order valence-corrected chi connectivity index (χ3v) is 2.74. The normalized spacial score (nSPS) is 12.2. The maximum absolute atomic E-state index is 13.1. The van der Waals surface area contributed by atoms with Gasteiger partial charge in [0.1, 0.15) is 12.1 Å². The number of carbonyl (C=O) groups is 1. The standard InChI is InChI=1S/C12H14FN5O/c1-7(11-17-15-6-18(11)2)16-12(19)9-5-8(13)3-4-10(9)14/h3-7H,14H2,1-2H3,(H,16,19). The molecule has 1 aromatic heterocycles. The second-order valence-electron chi connectivity index (χ2n) is 4.23. The molecule has 0 bridgehead atoms. The number of nitrogen functional groups attached to an aromatic ring is 1. The van der Waals surface area contributed by atoms with Crippen LogP contribution in [-0.2, 0) is 7.05 Å². The molecule has 2 aromatic rings. The number of nitrogens with two attached hydrogens (primary N) is 1. The van der Waals surface area contributed by atoms with Crippen LogP contribution in [0.25, 0.3) is 0 Å². The molecule has 1 aromatic carbocycles. The number of carbonyl (C=O) groups excluding carboxylic acids is 1. The van der Waals surface area contributed by atoms with Gasteiger partial charge in [0.2, 0.25) is 0 Å². The fourth-order valence-electron chi connectivity index (χ4n) is 1.75. The van der Waals surface area contributed by atoms with Crippen LogP contribution in [0.2, 0.25) is 0 Å². The van der Waals surface area contributed by atoms with Gasteiger partial charge in [0, 0.05) is 12.7 Å². The van der Waals surface area contributed by atoms with Crippen LogP contribution in [-0.4, -0.2) is 20.7 Å². The number of amides is 1. The lowest BCUT2D eigenvalue weighted by Gasteiger charge is -2.14. The molecule has 1 atom stereocenters. The van der Waals surface area contributed by atoms with Crippen molar-refractivity contribution in [3.8, 4) is 0 Å². The number of rotatable bonds is 3. The number of anilines is 1. The highest BCUT2D eigenvalue weighted by molar-refractivity contribution is 5.99. The quantitative estimate of drug-likeness (QED) is 0.810. The van der Waals surface area contributed by atoms with E-state index in [4.69, 9.17) is 5.73 Å². The predicted octanol–water partition coefficient (Wildman–Crippen LogP) is 1.03. The Kier molecular flexibility index (Phi) is 3.46. The Bertz CT molecular complexity index is 610. The summed E-state index contributed by atoms with van der Waals surface area (Å²) in [4.78, 5) is 12.0. The lowest BCUT2D eigenvalue weighted by Crippen LogP contribution is -2.29. The zero-order chi connectivity index (χ0) is 14.0. The molecule has 0 fully saturated rings. The minimum atomic E-state index is -0.509. The molecule has 6 nitrogen and oxygen atoms in total. The van der Waals surface area contributed by atoms with Crippen molar-refractivity contribution in [2.24, 2.45) is 7.05 Å². The van der Waals surface area contributed by atoms with Gasteiger partial charge < -0.3 is 15.6 Å². The van der Waals surface area contributed by atoms with Crippen LogP contribution in [0.15, 0.2) is 24.5 Å². The van der Waals surface area contributed by atoms with E-state index in [1.807, 2.05) is 0 Å². The number of hydrogen-bond donors (Lipinski definition) is 2. The highest BCUT2D eigenvalue weighted by Gasteiger charge is 2.17. The zero-order valence-electron chi connectivity index (χ0n) is 10.6. The van der Waals surface area contributed by atoms with Gasteiger partial charge in [-0.1, -0.05) is 0 Å². The molecule has 100 valence electrons. The SMILES string of the molecule is CC(NC(=O)c1cc(F)ccc1N)c1nncn1C. The molecule has 2 rings (SSSR count). The molecule has 0 aliphatic carbocycles. The minimum absolute atomic E-state index is 0.106. The van der Waals surface area contributed by atoms with Crippen molar-refractivity contribution < 1.29 is 9.18 Å². The average Bonchev–Trinajstić information content (AvgIpc) is 2.78. The van der Waals surface area contributed by atoms with E-state index < -0.39 is 11.7 Å². The lowest BCUT2D eigenvalue weighted by molar-refractivity contribution is 0.0938. The van der Waals surface area contributed by atoms with E-state index in [0.29, 0.717) is 5.82 Å². The summed E-state index contributed by atoms with van der Waals surface area (Å²) in [6.45, 7) is 1.76. The molecular formula is C12H14FN5O. The molecule has 0 spiro atoms. The smallest absolute Gasteiger partial charge is 0.254 e. The average molecular weight is 263 g/mol. The number of hydrogen-bond acceptors (Lipinski definition) is 4. The number of halogens is 1. The van der Waals surface area contributed by atoms with Crippen LogP contribution in [0.4, 0.5) is 10.1 Å². The predicted molar refractivity (Wildman–Crippen MR) is 67.7 cm³/mol. The number of nitrogens with one attached hydrogen (secondary N) is 1. The van der Waals surface area contributed by atoms with Gasteiger partial charge in [-0.3, -0.25) is 4.79 Å². The second kappa shape index (κ2) is 5.05. The summed E-state index contributed by atoms with van der Waals surface area (Å²) in [6, 6.07) is 3.31. The number of aryl methyl sites for hydroxylation is 1. The van der Waals surface area contributed by atoms with Gasteiger partial charge in [-0.25, -0.2) is 4.39 Å². The summed E-state index contributed by atoms with van der Waals surface area (Å²) in [6.07, 6.45) is 1.54. The van der Waals surface area contributed by atoms with Crippen LogP contribution in [0.5, 0.6) is 0 Å². The Morgan fingerprint density at radius 1 is 1.53 bits per heavy atom. The number of aromatic nitrogens is 3. The number of benzene rings is 1. The first-order chi connectivity index (χ1) is 8.99. The van der Waals surface area contributed by atoms with E-state index >= 15 is 0 Å². The zero-order valence-corrected chi connectivity index (χ0v) is 10.6. The summed E-state index contributed by atoms with van der Waals surface area (Å²) in [7, 11) is 1.77. The molecule has 7 heteroatoms. The van der Waals surface area contributed by atoms with Gasteiger partial charge >= 0.3 is 0 Å². The van der Waals surface area contributed by atoms with E-state index in [1.54, 1.807) is 18.5 Å². The van der Waals surface area contributed by atoms with Crippen molar-refractivity contribution in [1.29, 1.82) is 0 Å². The van der Waals surface area contributed by atoms with Gasteiger partial charge in [0.05, 0.1) is 11.6 Å². The summed E-state index contributed by atoms with van der Waals surface area (Å²) in [5.74, 6) is -0.360. The molecule has 0 aliphatic heterocycles. The molecule has 0 radical (unpaired) electrons. The third-order valence-electron chi connectivity index (χ3n) is 2.74. The van der Waals surface area contributed by atoms with Gasteiger partial charge in [0.15, 0.2) is 5.82 Å². The first-order valence-corrected chi connectivity index (χ1v) is 5.69. The molecule has 1 amide bonds. The largest absolute Gasteiger partial charge is 0.398 e. The van der Waals surface area contributed by atoms with Crippen molar-refractivity contribution >= 4 is 11.6 Å². The molecular weight excluding hydrogens is 249 g/mol. The second-order valence-corrected chi connectivity index (χ2v) is 4.23. The lowest BCUT2D eigenvalue weighted by atomic mass is 10.1. The Labute approximate surface area is 109 Å². The van der Waals surface area contributed by atoms with Crippen molar-refractivity contribution in [1.82, 2.24) is 20.1 Å². The maximum Gasteiger partial charge on any atom is 0.254 e. The van der Waals surface area contributed by atoms with Gasteiger partial charge in [0.25, 0.3) is 5.91 Å². The third kappa shape index (κ3) is 2.70. The monoisotopic (exact) mass is 263 g/mol. The first-order valence-electron chi connectivity index (χ1n) is 5.69. The van der Waals surface area contributed by atoms with Crippen molar-refractivity contribution in [2.75, 3.05) is 5.73 Å². The Morgan fingerprint density at radius 2 is 2.26 bits per heavy atom.